The van der Waals surface area contributed by atoms with E-state index in [-0.39, 0.29) is 5.69 Å². The zero-order chi connectivity index (χ0) is 10.6. The third-order valence-electron chi connectivity index (χ3n) is 1.75. The molecule has 1 aromatic carbocycles. The van der Waals surface area contributed by atoms with E-state index in [1.807, 2.05) is 11.6 Å². The fourth-order valence-corrected chi connectivity index (χ4v) is 2.10. The van der Waals surface area contributed by atoms with Gasteiger partial charge in [-0.15, -0.1) is 0 Å². The quantitative estimate of drug-likeness (QED) is 0.432. The second-order valence-corrected chi connectivity index (χ2v) is 4.61. The molecule has 0 aliphatic rings. The minimum absolute atomic E-state index is 0.108. The smallest absolute Gasteiger partial charge is 0.258 e. The van der Waals surface area contributed by atoms with E-state index < -0.39 is 12.8 Å². The number of nitro benzene ring substituents is 1. The van der Waals surface area contributed by atoms with E-state index in [0.717, 1.165) is 5.30 Å². The molecule has 1 rings (SSSR count). The van der Waals surface area contributed by atoms with E-state index in [1.165, 1.54) is 12.1 Å². The molecule has 0 unspecified atom stereocenters. The van der Waals surface area contributed by atoms with Crippen molar-refractivity contribution in [2.75, 3.05) is 0 Å². The third kappa shape index (κ3) is 2.27. The summed E-state index contributed by atoms with van der Waals surface area (Å²) >= 11 is 0. The fraction of sp³-hybridized carbons (Fsp3) is 0. The summed E-state index contributed by atoms with van der Waals surface area (Å²) in [6.45, 7) is 7.38. The summed E-state index contributed by atoms with van der Waals surface area (Å²) in [5.74, 6) is 3.62. The fourth-order valence-electron chi connectivity index (χ4n) is 1.03. The molecule has 0 spiro atoms. The predicted molar refractivity (Wildman–Crippen MR) is 60.0 cm³/mol. The van der Waals surface area contributed by atoms with Crippen LogP contribution >= 0.6 is 7.92 Å². The first-order chi connectivity index (χ1) is 6.69. The van der Waals surface area contributed by atoms with Crippen molar-refractivity contribution >= 4 is 18.9 Å². The van der Waals surface area contributed by atoms with Gasteiger partial charge in [-0.2, -0.15) is 0 Å². The highest BCUT2D eigenvalue weighted by Gasteiger charge is 2.06. The summed E-state index contributed by atoms with van der Waals surface area (Å²) in [6, 6.07) is 6.48. The van der Waals surface area contributed by atoms with Crippen molar-refractivity contribution in [3.63, 3.8) is 0 Å². The van der Waals surface area contributed by atoms with Crippen LogP contribution in [0.2, 0.25) is 0 Å². The van der Waals surface area contributed by atoms with Crippen LogP contribution in [0.4, 0.5) is 5.69 Å². The van der Waals surface area contributed by atoms with Crippen molar-refractivity contribution in [1.29, 1.82) is 0 Å². The van der Waals surface area contributed by atoms with Crippen LogP contribution in [0.5, 0.6) is 0 Å². The van der Waals surface area contributed by atoms with Gasteiger partial charge in [-0.25, -0.2) is 0 Å². The van der Waals surface area contributed by atoms with Crippen LogP contribution in [0.1, 0.15) is 0 Å². The molecule has 0 N–H and O–H groups in total. The van der Waals surface area contributed by atoms with Crippen LogP contribution in [0.25, 0.3) is 0 Å². The Balaban J connectivity index is 2.98. The topological polar surface area (TPSA) is 43.1 Å². The lowest BCUT2D eigenvalue weighted by atomic mass is 10.3. The van der Waals surface area contributed by atoms with Crippen LogP contribution in [-0.4, -0.2) is 4.92 Å². The first-order valence-electron chi connectivity index (χ1n) is 3.97. The van der Waals surface area contributed by atoms with E-state index >= 15 is 0 Å². The summed E-state index contributed by atoms with van der Waals surface area (Å²) in [7, 11) is -0.578. The Morgan fingerprint density at radius 1 is 1.21 bits per heavy atom. The van der Waals surface area contributed by atoms with Gasteiger partial charge in [0.1, 0.15) is 0 Å². The molecule has 0 saturated heterocycles. The van der Waals surface area contributed by atoms with Gasteiger partial charge in [-0.05, 0) is 25.4 Å². The number of hydrogen-bond donors (Lipinski definition) is 0. The van der Waals surface area contributed by atoms with Crippen molar-refractivity contribution in [2.45, 2.75) is 0 Å². The van der Waals surface area contributed by atoms with Crippen molar-refractivity contribution in [3.8, 4) is 0 Å². The molecule has 0 saturated carbocycles. The van der Waals surface area contributed by atoms with E-state index in [0.29, 0.717) is 0 Å². The lowest BCUT2D eigenvalue weighted by Gasteiger charge is -2.06. The minimum atomic E-state index is -0.578. The standard InChI is InChI=1S/C10H10NO2P/c1-3-14(4-2)10-7-5-9(6-8-10)11(12)13/h3-8H,1-2H2. The number of non-ortho nitro benzene ring substituents is 1. The molecule has 0 aliphatic carbocycles. The Kier molecular flexibility index (Phi) is 3.55. The van der Waals surface area contributed by atoms with Crippen molar-refractivity contribution < 1.29 is 4.92 Å². The van der Waals surface area contributed by atoms with Crippen molar-refractivity contribution in [2.24, 2.45) is 0 Å². The molecule has 1 aromatic rings. The number of nitro groups is 1. The number of hydrogen-bond acceptors (Lipinski definition) is 2. The number of nitrogens with zero attached hydrogens (tertiary/aromatic N) is 1. The van der Waals surface area contributed by atoms with Gasteiger partial charge in [0.15, 0.2) is 0 Å². The molecule has 0 amide bonds. The maximum atomic E-state index is 10.4. The summed E-state index contributed by atoms with van der Waals surface area (Å²) < 4.78 is 0. The molecule has 0 aliphatic heterocycles. The Labute approximate surface area is 83.7 Å². The lowest BCUT2D eigenvalue weighted by Crippen LogP contribution is -1.97. The Morgan fingerprint density at radius 3 is 2.07 bits per heavy atom. The van der Waals surface area contributed by atoms with Gasteiger partial charge in [-0.3, -0.25) is 10.1 Å². The molecular weight excluding hydrogens is 197 g/mol. The van der Waals surface area contributed by atoms with E-state index in [1.54, 1.807) is 12.1 Å². The van der Waals surface area contributed by atoms with Gasteiger partial charge in [-0.1, -0.05) is 24.8 Å². The lowest BCUT2D eigenvalue weighted by molar-refractivity contribution is -0.384. The first kappa shape index (κ1) is 10.6. The van der Waals surface area contributed by atoms with Gasteiger partial charge in [0.2, 0.25) is 0 Å². The molecule has 3 nitrogen and oxygen atoms in total. The van der Waals surface area contributed by atoms with E-state index in [4.69, 9.17) is 0 Å². The molecular formula is C10H10NO2P. The molecule has 4 heteroatoms. The first-order valence-corrected chi connectivity index (χ1v) is 5.45. The second-order valence-electron chi connectivity index (χ2n) is 2.55. The SMILES string of the molecule is C=CP(C=C)c1ccc([N+](=O)[O-])cc1. The van der Waals surface area contributed by atoms with Gasteiger partial charge in [0, 0.05) is 12.1 Å². The van der Waals surface area contributed by atoms with Crippen LogP contribution in [0, 0.1) is 10.1 Å². The zero-order valence-electron chi connectivity index (χ0n) is 7.59. The summed E-state index contributed by atoms with van der Waals surface area (Å²) in [4.78, 5) is 9.98. The van der Waals surface area contributed by atoms with Gasteiger partial charge >= 0.3 is 0 Å². The molecule has 72 valence electrons. The van der Waals surface area contributed by atoms with Crippen LogP contribution in [0.15, 0.2) is 49.1 Å². The second kappa shape index (κ2) is 4.68. The Morgan fingerprint density at radius 2 is 1.71 bits per heavy atom. The number of benzene rings is 1. The highest BCUT2D eigenvalue weighted by molar-refractivity contribution is 7.71. The largest absolute Gasteiger partial charge is 0.269 e. The average molecular weight is 207 g/mol. The predicted octanol–water partition coefficient (Wildman–Crippen LogP) is 2.99. The van der Waals surface area contributed by atoms with Gasteiger partial charge in [0.05, 0.1) is 4.92 Å². The highest BCUT2D eigenvalue weighted by atomic mass is 31.1. The van der Waals surface area contributed by atoms with Crippen LogP contribution in [0.3, 0.4) is 0 Å². The summed E-state index contributed by atoms with van der Waals surface area (Å²) in [5.41, 5.74) is 0.108. The molecule has 14 heavy (non-hydrogen) atoms. The monoisotopic (exact) mass is 207 g/mol. The number of rotatable bonds is 4. The summed E-state index contributed by atoms with van der Waals surface area (Å²) in [6.07, 6.45) is 0. The third-order valence-corrected chi connectivity index (χ3v) is 3.43. The molecule has 0 atom stereocenters. The van der Waals surface area contributed by atoms with Crippen molar-refractivity contribution in [3.05, 3.63) is 59.2 Å². The Bertz CT molecular complexity index is 351. The summed E-state index contributed by atoms with van der Waals surface area (Å²) in [5, 5.41) is 11.4. The minimum Gasteiger partial charge on any atom is -0.258 e. The van der Waals surface area contributed by atoms with Crippen LogP contribution < -0.4 is 5.30 Å². The highest BCUT2D eigenvalue weighted by Crippen LogP contribution is 2.36. The molecule has 0 radical (unpaired) electrons. The van der Waals surface area contributed by atoms with Gasteiger partial charge in [0.25, 0.3) is 5.69 Å². The zero-order valence-corrected chi connectivity index (χ0v) is 8.48. The maximum absolute atomic E-state index is 10.4. The Hall–Kier alpha value is -1.47. The van der Waals surface area contributed by atoms with Gasteiger partial charge < -0.3 is 0 Å². The molecule has 0 heterocycles. The van der Waals surface area contributed by atoms with Crippen LogP contribution in [-0.2, 0) is 0 Å². The maximum Gasteiger partial charge on any atom is 0.269 e. The molecule has 0 bridgehead atoms. The normalized spacial score (nSPS) is 9.79. The van der Waals surface area contributed by atoms with Crippen molar-refractivity contribution in [1.82, 2.24) is 0 Å². The van der Waals surface area contributed by atoms with E-state index in [2.05, 4.69) is 13.2 Å². The average Bonchev–Trinajstić information content (AvgIpc) is 2.20. The molecule has 0 fully saturated rings. The van der Waals surface area contributed by atoms with E-state index in [9.17, 15) is 10.1 Å². The molecule has 0 aromatic heterocycles.